The summed E-state index contributed by atoms with van der Waals surface area (Å²) in [6.45, 7) is 2.73. The average Bonchev–Trinajstić information content (AvgIpc) is 2.91. The Bertz CT molecular complexity index is 996. The van der Waals surface area contributed by atoms with Gasteiger partial charge in [-0.1, -0.05) is 45.7 Å². The van der Waals surface area contributed by atoms with Crippen LogP contribution < -0.4 is 9.47 Å². The first-order chi connectivity index (χ1) is 13.9. The molecule has 29 heavy (non-hydrogen) atoms. The largest absolute Gasteiger partial charge is 0.493 e. The lowest BCUT2D eigenvalue weighted by molar-refractivity contribution is -0.122. The highest BCUT2D eigenvalue weighted by Gasteiger charge is 2.34. The van der Waals surface area contributed by atoms with Crippen LogP contribution >= 0.6 is 39.7 Å². The van der Waals surface area contributed by atoms with Crippen LogP contribution in [0, 0.1) is 0 Å². The summed E-state index contributed by atoms with van der Waals surface area (Å²) in [7, 11) is 3.36. The average molecular weight is 496 g/mol. The number of thiocarbonyl (C=S) groups is 1. The highest BCUT2D eigenvalue weighted by atomic mass is 79.9. The Morgan fingerprint density at radius 1 is 1.24 bits per heavy atom. The summed E-state index contributed by atoms with van der Waals surface area (Å²) in [4.78, 5) is 15.9. The third kappa shape index (κ3) is 4.42. The topological polar surface area (TPSA) is 42.0 Å². The Kier molecular flexibility index (Phi) is 6.82. The van der Waals surface area contributed by atoms with Crippen molar-refractivity contribution < 1.29 is 14.3 Å². The zero-order chi connectivity index (χ0) is 21.1. The first-order valence-corrected chi connectivity index (χ1v) is 10.5. The number of likely N-dealkylation sites (N-methyl/N-ethyl adjacent to an activating group) is 2. The molecule has 0 spiro atoms. The molecule has 3 rings (SSSR count). The Balaban J connectivity index is 1.90. The number of amides is 1. The van der Waals surface area contributed by atoms with E-state index in [-0.39, 0.29) is 5.91 Å². The van der Waals surface area contributed by atoms with Crippen LogP contribution in [-0.2, 0) is 11.4 Å². The second-order valence-electron chi connectivity index (χ2n) is 6.33. The van der Waals surface area contributed by atoms with Crippen molar-refractivity contribution in [2.75, 3.05) is 20.7 Å². The van der Waals surface area contributed by atoms with E-state index in [2.05, 4.69) is 15.9 Å². The van der Waals surface area contributed by atoms with Crippen molar-refractivity contribution >= 4 is 56.8 Å². The van der Waals surface area contributed by atoms with Crippen LogP contribution in [0.5, 0.6) is 11.5 Å². The zero-order valence-corrected chi connectivity index (χ0v) is 19.4. The second kappa shape index (κ2) is 9.15. The van der Waals surface area contributed by atoms with Gasteiger partial charge in [-0.25, -0.2) is 0 Å². The normalized spacial score (nSPS) is 15.4. The van der Waals surface area contributed by atoms with Crippen LogP contribution in [0.1, 0.15) is 18.1 Å². The lowest BCUT2D eigenvalue weighted by atomic mass is 10.1. The maximum absolute atomic E-state index is 12.6. The van der Waals surface area contributed by atoms with E-state index in [0.29, 0.717) is 40.5 Å². The van der Waals surface area contributed by atoms with Gasteiger partial charge in [0, 0.05) is 28.7 Å². The molecule has 0 atom stereocenters. The number of carbonyl (C=O) groups is 1. The fourth-order valence-corrected chi connectivity index (χ4v) is 3.88. The summed E-state index contributed by atoms with van der Waals surface area (Å²) in [5, 5.41) is 1.14. The van der Waals surface area contributed by atoms with Gasteiger partial charge in [0.2, 0.25) is 0 Å². The van der Waals surface area contributed by atoms with Gasteiger partial charge >= 0.3 is 0 Å². The van der Waals surface area contributed by atoms with Crippen LogP contribution in [0.25, 0.3) is 6.08 Å². The van der Waals surface area contributed by atoms with Gasteiger partial charge < -0.3 is 14.4 Å². The first kappa shape index (κ1) is 21.6. The summed E-state index contributed by atoms with van der Waals surface area (Å²) in [6, 6.07) is 11.1. The highest BCUT2D eigenvalue weighted by molar-refractivity contribution is 9.10. The van der Waals surface area contributed by atoms with Gasteiger partial charge in [-0.3, -0.25) is 9.69 Å². The summed E-state index contributed by atoms with van der Waals surface area (Å²) < 4.78 is 12.2. The number of carbonyl (C=O) groups excluding carboxylic acids is 1. The van der Waals surface area contributed by atoms with Crippen molar-refractivity contribution in [2.24, 2.45) is 0 Å². The molecular formula is C21H20BrClN2O3S. The lowest BCUT2D eigenvalue weighted by Gasteiger charge is -2.15. The molecule has 0 aliphatic carbocycles. The Hall–Kier alpha value is -2.09. The van der Waals surface area contributed by atoms with Gasteiger partial charge in [0.15, 0.2) is 16.6 Å². The van der Waals surface area contributed by atoms with E-state index in [4.69, 9.17) is 33.3 Å². The Labute approximate surface area is 189 Å². The van der Waals surface area contributed by atoms with Crippen LogP contribution in [0.4, 0.5) is 0 Å². The molecule has 0 bridgehead atoms. The van der Waals surface area contributed by atoms with Crippen molar-refractivity contribution in [3.8, 4) is 11.5 Å². The monoisotopic (exact) mass is 494 g/mol. The van der Waals surface area contributed by atoms with Crippen LogP contribution in [-0.4, -0.2) is 41.5 Å². The number of halogens is 2. The minimum absolute atomic E-state index is 0.120. The predicted molar refractivity (Wildman–Crippen MR) is 122 cm³/mol. The number of hydrogen-bond donors (Lipinski definition) is 0. The molecule has 8 heteroatoms. The molecule has 2 aromatic rings. The van der Waals surface area contributed by atoms with Gasteiger partial charge in [0.25, 0.3) is 5.91 Å². The molecule has 5 nitrogen and oxygen atoms in total. The molecule has 1 aliphatic rings. The Morgan fingerprint density at radius 3 is 2.59 bits per heavy atom. The van der Waals surface area contributed by atoms with Crippen molar-refractivity contribution in [1.82, 2.24) is 9.80 Å². The number of benzene rings is 2. The van der Waals surface area contributed by atoms with Crippen molar-refractivity contribution in [3.63, 3.8) is 0 Å². The van der Waals surface area contributed by atoms with Crippen LogP contribution in [0.2, 0.25) is 5.02 Å². The minimum Gasteiger partial charge on any atom is -0.493 e. The fourth-order valence-electron chi connectivity index (χ4n) is 2.94. The molecule has 1 heterocycles. The summed E-state index contributed by atoms with van der Waals surface area (Å²) >= 11 is 15.1. The first-order valence-electron chi connectivity index (χ1n) is 8.92. The van der Waals surface area contributed by atoms with Gasteiger partial charge in [0.1, 0.15) is 12.3 Å². The van der Waals surface area contributed by atoms with E-state index in [0.717, 1.165) is 15.6 Å². The summed E-state index contributed by atoms with van der Waals surface area (Å²) in [5.74, 6) is 0.998. The van der Waals surface area contributed by atoms with Crippen molar-refractivity contribution in [2.45, 2.75) is 13.5 Å². The highest BCUT2D eigenvalue weighted by Crippen LogP contribution is 2.36. The maximum Gasteiger partial charge on any atom is 0.276 e. The van der Waals surface area contributed by atoms with E-state index in [9.17, 15) is 4.79 Å². The molecule has 1 amide bonds. The zero-order valence-electron chi connectivity index (χ0n) is 16.2. The molecule has 0 saturated carbocycles. The van der Waals surface area contributed by atoms with Crippen molar-refractivity contribution in [3.05, 3.63) is 62.7 Å². The maximum atomic E-state index is 12.6. The van der Waals surface area contributed by atoms with E-state index in [1.165, 1.54) is 0 Å². The molecule has 1 fully saturated rings. The van der Waals surface area contributed by atoms with E-state index in [1.54, 1.807) is 30.0 Å². The molecule has 0 N–H and O–H groups in total. The van der Waals surface area contributed by atoms with E-state index >= 15 is 0 Å². The molecule has 0 aromatic heterocycles. The number of ether oxygens (including phenoxy) is 2. The summed E-state index contributed by atoms with van der Waals surface area (Å²) in [6.07, 6.45) is 1.79. The van der Waals surface area contributed by atoms with Gasteiger partial charge in [-0.05, 0) is 49.0 Å². The Morgan fingerprint density at radius 2 is 1.97 bits per heavy atom. The van der Waals surface area contributed by atoms with Crippen LogP contribution in [0.15, 0.2) is 46.6 Å². The van der Waals surface area contributed by atoms with E-state index < -0.39 is 0 Å². The van der Waals surface area contributed by atoms with Crippen molar-refractivity contribution in [1.29, 1.82) is 0 Å². The smallest absolute Gasteiger partial charge is 0.276 e. The quantitative estimate of drug-likeness (QED) is 0.411. The fraction of sp³-hybridized carbons (Fsp3) is 0.238. The molecular weight excluding hydrogens is 476 g/mol. The number of nitrogens with zero attached hydrogens (tertiary/aromatic N) is 2. The third-order valence-corrected chi connectivity index (χ3v) is 6.13. The third-order valence-electron chi connectivity index (χ3n) is 4.58. The molecule has 0 radical (unpaired) electrons. The minimum atomic E-state index is -0.120. The molecule has 2 aromatic carbocycles. The molecule has 1 saturated heterocycles. The summed E-state index contributed by atoms with van der Waals surface area (Å²) in [5.41, 5.74) is 2.16. The van der Waals surface area contributed by atoms with Crippen LogP contribution in [0.3, 0.4) is 0 Å². The molecule has 152 valence electrons. The number of rotatable bonds is 6. The molecule has 0 unspecified atom stereocenters. The van der Waals surface area contributed by atoms with E-state index in [1.807, 2.05) is 43.3 Å². The standard InChI is InChI=1S/C21H20BrClN2O3S/c1-4-25-20(26)17(24(2)21(25)29)9-14-10-18(27-3)19(11-15(14)22)28-12-13-7-5-6-8-16(13)23/h5-11H,4,12H2,1-3H3/b17-9+. The van der Waals surface area contributed by atoms with Gasteiger partial charge in [-0.15, -0.1) is 0 Å². The SMILES string of the molecule is CCN1C(=O)/C(=C\c2cc(OC)c(OCc3ccccc3Cl)cc2Br)N(C)C1=S. The van der Waals surface area contributed by atoms with Gasteiger partial charge in [0.05, 0.1) is 7.11 Å². The second-order valence-corrected chi connectivity index (χ2v) is 7.95. The lowest BCUT2D eigenvalue weighted by Crippen LogP contribution is -2.30. The molecule has 1 aliphatic heterocycles. The number of hydrogen-bond acceptors (Lipinski definition) is 4. The predicted octanol–water partition coefficient (Wildman–Crippen LogP) is 5.11. The number of methoxy groups -OCH3 is 1. The van der Waals surface area contributed by atoms with Gasteiger partial charge in [-0.2, -0.15) is 0 Å².